The molecule has 25 heavy (non-hydrogen) atoms. The van der Waals surface area contributed by atoms with Crippen LogP contribution in [0.25, 0.3) is 10.9 Å². The van der Waals surface area contributed by atoms with Crippen LogP contribution < -0.4 is 0 Å². The number of amides is 1. The number of hydrogen-bond acceptors (Lipinski definition) is 4. The molecule has 1 aromatic carbocycles. The standard InChI is InChI=1S/C19H18N2O3S/c22-17(18-6-3-9-25-18)11-14-12-24-8-7-21(14)19(23)16-10-13-4-1-2-5-15(13)20-16/h1-6,9-10,14,20H,7-8,11-12H2. The second-order valence-electron chi connectivity index (χ2n) is 6.10. The van der Waals surface area contributed by atoms with Crippen molar-refractivity contribution >= 4 is 33.9 Å². The molecule has 6 heteroatoms. The molecule has 1 atom stereocenters. The fraction of sp³-hybridized carbons (Fsp3) is 0.263. The Bertz CT molecular complexity index is 867. The van der Waals surface area contributed by atoms with E-state index < -0.39 is 0 Å². The van der Waals surface area contributed by atoms with Crippen molar-refractivity contribution in [1.82, 2.24) is 9.88 Å². The van der Waals surface area contributed by atoms with E-state index >= 15 is 0 Å². The van der Waals surface area contributed by atoms with Crippen LogP contribution in [0, 0.1) is 0 Å². The van der Waals surface area contributed by atoms with E-state index in [0.29, 0.717) is 25.5 Å². The summed E-state index contributed by atoms with van der Waals surface area (Å²) in [6.45, 7) is 1.38. The maximum atomic E-state index is 13.0. The van der Waals surface area contributed by atoms with Gasteiger partial charge in [-0.1, -0.05) is 24.3 Å². The summed E-state index contributed by atoms with van der Waals surface area (Å²) in [5, 5.41) is 2.89. The molecule has 1 amide bonds. The first kappa shape index (κ1) is 16.1. The van der Waals surface area contributed by atoms with Crippen molar-refractivity contribution in [3.05, 3.63) is 58.4 Å². The van der Waals surface area contributed by atoms with Crippen molar-refractivity contribution in [2.24, 2.45) is 0 Å². The van der Waals surface area contributed by atoms with Gasteiger partial charge >= 0.3 is 0 Å². The number of H-pyrrole nitrogens is 1. The predicted octanol–water partition coefficient (Wildman–Crippen LogP) is 3.34. The molecular formula is C19H18N2O3S. The Kier molecular flexibility index (Phi) is 4.38. The van der Waals surface area contributed by atoms with Crippen molar-refractivity contribution in [2.75, 3.05) is 19.8 Å². The van der Waals surface area contributed by atoms with Crippen LogP contribution in [0.4, 0.5) is 0 Å². The van der Waals surface area contributed by atoms with Crippen LogP contribution in [0.5, 0.6) is 0 Å². The highest BCUT2D eigenvalue weighted by Crippen LogP contribution is 2.21. The van der Waals surface area contributed by atoms with Crippen LogP contribution in [0.15, 0.2) is 47.8 Å². The Labute approximate surface area is 149 Å². The Morgan fingerprint density at radius 3 is 2.92 bits per heavy atom. The number of ether oxygens (including phenoxy) is 1. The lowest BCUT2D eigenvalue weighted by molar-refractivity contribution is -0.00302. The van der Waals surface area contributed by atoms with Crippen LogP contribution in [0.2, 0.25) is 0 Å². The van der Waals surface area contributed by atoms with Gasteiger partial charge in [0.15, 0.2) is 5.78 Å². The zero-order chi connectivity index (χ0) is 17.2. The second kappa shape index (κ2) is 6.82. The van der Waals surface area contributed by atoms with E-state index in [1.165, 1.54) is 11.3 Å². The quantitative estimate of drug-likeness (QED) is 0.731. The molecule has 1 aliphatic heterocycles. The van der Waals surface area contributed by atoms with Crippen LogP contribution in [-0.4, -0.2) is 47.4 Å². The van der Waals surface area contributed by atoms with Crippen molar-refractivity contribution in [1.29, 1.82) is 0 Å². The molecule has 0 bridgehead atoms. The Morgan fingerprint density at radius 2 is 2.12 bits per heavy atom. The number of thiophene rings is 1. The summed E-state index contributed by atoms with van der Waals surface area (Å²) >= 11 is 1.43. The Morgan fingerprint density at radius 1 is 1.24 bits per heavy atom. The first-order chi connectivity index (χ1) is 12.2. The fourth-order valence-corrected chi connectivity index (χ4v) is 3.86. The summed E-state index contributed by atoms with van der Waals surface area (Å²) in [4.78, 5) is 31.1. The first-order valence-electron chi connectivity index (χ1n) is 8.25. The number of fused-ring (bicyclic) bond motifs is 1. The average molecular weight is 354 g/mol. The highest BCUT2D eigenvalue weighted by atomic mass is 32.1. The molecule has 5 nitrogen and oxygen atoms in total. The molecule has 128 valence electrons. The summed E-state index contributed by atoms with van der Waals surface area (Å²) in [5.74, 6) is -0.0246. The predicted molar refractivity (Wildman–Crippen MR) is 97.2 cm³/mol. The third-order valence-electron chi connectivity index (χ3n) is 4.47. The van der Waals surface area contributed by atoms with Gasteiger partial charge in [-0.05, 0) is 23.6 Å². The lowest BCUT2D eigenvalue weighted by Gasteiger charge is -2.35. The van der Waals surface area contributed by atoms with Crippen LogP contribution in [0.3, 0.4) is 0 Å². The number of aromatic nitrogens is 1. The molecule has 0 saturated carbocycles. The topological polar surface area (TPSA) is 62.4 Å². The lowest BCUT2D eigenvalue weighted by Crippen LogP contribution is -2.49. The third kappa shape index (κ3) is 3.23. The smallest absolute Gasteiger partial charge is 0.270 e. The van der Waals surface area contributed by atoms with Gasteiger partial charge in [-0.25, -0.2) is 0 Å². The summed E-state index contributed by atoms with van der Waals surface area (Å²) in [6, 6.07) is 13.1. The zero-order valence-corrected chi connectivity index (χ0v) is 14.4. The van der Waals surface area contributed by atoms with Gasteiger partial charge in [0.05, 0.1) is 24.1 Å². The van der Waals surface area contributed by atoms with Crippen molar-refractivity contribution in [3.63, 3.8) is 0 Å². The van der Waals surface area contributed by atoms with Gasteiger partial charge in [0.25, 0.3) is 5.91 Å². The highest BCUT2D eigenvalue weighted by molar-refractivity contribution is 7.12. The number of rotatable bonds is 4. The Hall–Kier alpha value is -2.44. The average Bonchev–Trinajstić information content (AvgIpc) is 3.31. The minimum atomic E-state index is -0.234. The van der Waals surface area contributed by atoms with E-state index in [1.807, 2.05) is 47.8 Å². The van der Waals surface area contributed by atoms with E-state index in [0.717, 1.165) is 15.8 Å². The molecule has 1 unspecified atom stereocenters. The number of ketones is 1. The molecule has 3 heterocycles. The number of carbonyl (C=O) groups is 2. The molecule has 1 saturated heterocycles. The van der Waals surface area contributed by atoms with Gasteiger partial charge in [-0.2, -0.15) is 0 Å². The molecular weight excluding hydrogens is 336 g/mol. The summed E-state index contributed by atoms with van der Waals surface area (Å²) in [6.07, 6.45) is 0.284. The number of hydrogen-bond donors (Lipinski definition) is 1. The van der Waals surface area contributed by atoms with Gasteiger partial charge in [0.2, 0.25) is 0 Å². The van der Waals surface area contributed by atoms with Crippen molar-refractivity contribution < 1.29 is 14.3 Å². The minimum Gasteiger partial charge on any atom is -0.377 e. The molecule has 1 N–H and O–H groups in total. The molecule has 0 aliphatic carbocycles. The first-order valence-corrected chi connectivity index (χ1v) is 9.13. The number of aromatic amines is 1. The number of para-hydroxylation sites is 1. The van der Waals surface area contributed by atoms with Crippen molar-refractivity contribution in [3.8, 4) is 0 Å². The number of morpholine rings is 1. The lowest BCUT2D eigenvalue weighted by atomic mass is 10.1. The van der Waals surface area contributed by atoms with Gasteiger partial charge in [-0.3, -0.25) is 9.59 Å². The third-order valence-corrected chi connectivity index (χ3v) is 5.38. The monoisotopic (exact) mass is 354 g/mol. The fourth-order valence-electron chi connectivity index (χ4n) is 3.19. The van der Waals surface area contributed by atoms with E-state index in [9.17, 15) is 9.59 Å². The van der Waals surface area contributed by atoms with Crippen molar-refractivity contribution in [2.45, 2.75) is 12.5 Å². The molecule has 4 rings (SSSR count). The van der Waals surface area contributed by atoms with Gasteiger partial charge in [0.1, 0.15) is 5.69 Å². The number of nitrogens with zero attached hydrogens (tertiary/aromatic N) is 1. The number of carbonyl (C=O) groups excluding carboxylic acids is 2. The molecule has 1 aliphatic rings. The Balaban J connectivity index is 1.55. The number of Topliss-reactive ketones (excluding diaryl/α,β-unsaturated/α-hetero) is 1. The van der Waals surface area contributed by atoms with Crippen LogP contribution >= 0.6 is 11.3 Å². The molecule has 3 aromatic rings. The second-order valence-corrected chi connectivity index (χ2v) is 7.05. The number of nitrogens with one attached hydrogen (secondary N) is 1. The van der Waals surface area contributed by atoms with E-state index in [-0.39, 0.29) is 24.2 Å². The van der Waals surface area contributed by atoms with E-state index in [2.05, 4.69) is 4.98 Å². The molecule has 0 spiro atoms. The highest BCUT2D eigenvalue weighted by Gasteiger charge is 2.31. The van der Waals surface area contributed by atoms with E-state index in [4.69, 9.17) is 4.74 Å². The van der Waals surface area contributed by atoms with E-state index in [1.54, 1.807) is 4.90 Å². The number of benzene rings is 1. The van der Waals surface area contributed by atoms with Crippen LogP contribution in [0.1, 0.15) is 26.6 Å². The summed E-state index contributed by atoms with van der Waals surface area (Å²) < 4.78 is 5.52. The molecule has 2 aromatic heterocycles. The minimum absolute atomic E-state index is 0.0555. The SMILES string of the molecule is O=C(CC1COCCN1C(=O)c1cc2ccccc2[nH]1)c1cccs1. The molecule has 1 fully saturated rings. The van der Waals surface area contributed by atoms with Gasteiger partial charge in [-0.15, -0.1) is 11.3 Å². The summed E-state index contributed by atoms with van der Waals surface area (Å²) in [5.41, 5.74) is 1.49. The maximum Gasteiger partial charge on any atom is 0.270 e. The normalized spacial score (nSPS) is 17.8. The largest absolute Gasteiger partial charge is 0.377 e. The van der Waals surface area contributed by atoms with Gasteiger partial charge < -0.3 is 14.6 Å². The zero-order valence-electron chi connectivity index (χ0n) is 13.6. The van der Waals surface area contributed by atoms with Gasteiger partial charge in [0, 0.05) is 23.9 Å². The van der Waals surface area contributed by atoms with Crippen LogP contribution in [-0.2, 0) is 4.74 Å². The molecule has 0 radical (unpaired) electrons. The summed E-state index contributed by atoms with van der Waals surface area (Å²) in [7, 11) is 0. The maximum absolute atomic E-state index is 13.0.